The Labute approximate surface area is 128 Å². The highest BCUT2D eigenvalue weighted by Gasteiger charge is 2.22. The Hall–Kier alpha value is -1.69. The quantitative estimate of drug-likeness (QED) is 0.942. The Morgan fingerprint density at radius 3 is 2.86 bits per heavy atom. The van der Waals surface area contributed by atoms with Crippen molar-refractivity contribution in [3.63, 3.8) is 0 Å². The summed E-state index contributed by atoms with van der Waals surface area (Å²) in [5, 5.41) is 0. The van der Waals surface area contributed by atoms with Gasteiger partial charge in [0.25, 0.3) is 5.91 Å². The molecule has 0 atom stereocenters. The van der Waals surface area contributed by atoms with Crippen molar-refractivity contribution in [1.29, 1.82) is 0 Å². The third-order valence-electron chi connectivity index (χ3n) is 4.15. The molecule has 3 rings (SSSR count). The first-order valence-corrected chi connectivity index (χ1v) is 8.30. The fourth-order valence-electron chi connectivity index (χ4n) is 3.03. The number of amides is 1. The first kappa shape index (κ1) is 14.3. The van der Waals surface area contributed by atoms with Crippen molar-refractivity contribution in [2.45, 2.75) is 32.6 Å². The van der Waals surface area contributed by atoms with E-state index >= 15 is 0 Å². The third-order valence-corrected chi connectivity index (χ3v) is 5.28. The summed E-state index contributed by atoms with van der Waals surface area (Å²) in [5.74, 6) is 1.39. The summed E-state index contributed by atoms with van der Waals surface area (Å²) in [6.07, 6.45) is 6.58. The van der Waals surface area contributed by atoms with E-state index in [0.29, 0.717) is 4.88 Å². The number of carbonyl (C=O) groups is 1. The first-order chi connectivity index (χ1) is 10.2. The normalized spacial score (nSPS) is 16.5. The molecule has 5 nitrogen and oxygen atoms in total. The molecule has 1 amide bonds. The molecular formula is C15H20N4OS. The second kappa shape index (κ2) is 5.97. The van der Waals surface area contributed by atoms with Gasteiger partial charge < -0.3 is 10.6 Å². The lowest BCUT2D eigenvalue weighted by Crippen LogP contribution is -2.34. The van der Waals surface area contributed by atoms with Crippen molar-refractivity contribution in [3.8, 4) is 0 Å². The fraction of sp³-hybridized carbons (Fsp3) is 0.533. The molecule has 0 saturated carbocycles. The van der Waals surface area contributed by atoms with Crippen LogP contribution in [0.15, 0.2) is 12.4 Å². The third kappa shape index (κ3) is 2.85. The molecule has 1 saturated heterocycles. The average molecular weight is 304 g/mol. The van der Waals surface area contributed by atoms with E-state index in [4.69, 9.17) is 5.73 Å². The molecule has 0 aliphatic carbocycles. The van der Waals surface area contributed by atoms with Crippen LogP contribution in [0.5, 0.6) is 0 Å². The van der Waals surface area contributed by atoms with Gasteiger partial charge in [0.05, 0.1) is 15.1 Å². The number of hydrogen-bond donors (Lipinski definition) is 1. The molecule has 3 heterocycles. The lowest BCUT2D eigenvalue weighted by atomic mass is 9.92. The second-order valence-electron chi connectivity index (χ2n) is 5.61. The zero-order valence-corrected chi connectivity index (χ0v) is 13.0. The number of rotatable bonds is 4. The lowest BCUT2D eigenvalue weighted by Gasteiger charge is -2.32. The fourth-order valence-corrected chi connectivity index (χ4v) is 4.01. The van der Waals surface area contributed by atoms with E-state index in [0.717, 1.165) is 35.0 Å². The number of nitrogens with zero attached hydrogens (tertiary/aromatic N) is 3. The minimum absolute atomic E-state index is 0.398. The van der Waals surface area contributed by atoms with Gasteiger partial charge in [-0.05, 0) is 24.8 Å². The number of hydrogen-bond acceptors (Lipinski definition) is 5. The Bertz CT molecular complexity index is 646. The van der Waals surface area contributed by atoms with Gasteiger partial charge in [0.1, 0.15) is 12.1 Å². The molecule has 1 aliphatic heterocycles. The van der Waals surface area contributed by atoms with E-state index in [1.54, 1.807) is 12.4 Å². The van der Waals surface area contributed by atoms with E-state index in [1.165, 1.54) is 37.0 Å². The summed E-state index contributed by atoms with van der Waals surface area (Å²) in [5.41, 5.74) is 6.18. The number of thiophene rings is 1. The van der Waals surface area contributed by atoms with Gasteiger partial charge in [-0.1, -0.05) is 19.8 Å². The van der Waals surface area contributed by atoms with Crippen molar-refractivity contribution in [2.75, 3.05) is 18.0 Å². The molecule has 0 unspecified atom stereocenters. The summed E-state index contributed by atoms with van der Waals surface area (Å²) in [4.78, 5) is 22.9. The molecule has 1 aliphatic rings. The second-order valence-corrected chi connectivity index (χ2v) is 6.66. The van der Waals surface area contributed by atoms with E-state index in [1.807, 2.05) is 0 Å². The Morgan fingerprint density at radius 2 is 2.19 bits per heavy atom. The summed E-state index contributed by atoms with van der Waals surface area (Å²) in [7, 11) is 0. The molecule has 2 aromatic rings. The van der Waals surface area contributed by atoms with Crippen molar-refractivity contribution >= 4 is 33.3 Å². The van der Waals surface area contributed by atoms with E-state index in [2.05, 4.69) is 21.8 Å². The highest BCUT2D eigenvalue weighted by atomic mass is 32.1. The number of piperidine rings is 1. The van der Waals surface area contributed by atoms with Crippen molar-refractivity contribution in [3.05, 3.63) is 17.3 Å². The molecule has 2 N–H and O–H groups in total. The molecule has 2 aromatic heterocycles. The molecule has 1 fully saturated rings. The summed E-state index contributed by atoms with van der Waals surface area (Å²) >= 11 is 1.40. The molecule has 0 spiro atoms. The maximum atomic E-state index is 11.3. The van der Waals surface area contributed by atoms with Crippen molar-refractivity contribution < 1.29 is 4.79 Å². The lowest BCUT2D eigenvalue weighted by molar-refractivity contribution is 0.100. The standard InChI is InChI=1S/C15H20N4OS/c1-2-3-10-4-6-19(7-5-10)15-13-11(17-9-18-15)8-12(21-13)14(16)20/h8-10H,2-7H2,1H3,(H2,16,20). The zero-order chi connectivity index (χ0) is 14.8. The number of primary amides is 1. The van der Waals surface area contributed by atoms with Gasteiger partial charge in [0.2, 0.25) is 0 Å². The van der Waals surface area contributed by atoms with Gasteiger partial charge in [-0.25, -0.2) is 9.97 Å². The van der Waals surface area contributed by atoms with Gasteiger partial charge >= 0.3 is 0 Å². The maximum absolute atomic E-state index is 11.3. The minimum atomic E-state index is -0.398. The molecule has 112 valence electrons. The summed E-state index contributed by atoms with van der Waals surface area (Å²) in [6.45, 7) is 4.30. The molecule has 0 bridgehead atoms. The SMILES string of the molecule is CCCC1CCN(c2ncnc3cc(C(N)=O)sc23)CC1. The molecule has 21 heavy (non-hydrogen) atoms. The smallest absolute Gasteiger partial charge is 0.258 e. The van der Waals surface area contributed by atoms with Crippen LogP contribution in [0.2, 0.25) is 0 Å². The van der Waals surface area contributed by atoms with Crippen LogP contribution < -0.4 is 10.6 Å². The van der Waals surface area contributed by atoms with E-state index < -0.39 is 5.91 Å². The van der Waals surface area contributed by atoms with Crippen LogP contribution >= 0.6 is 11.3 Å². The predicted molar refractivity (Wildman–Crippen MR) is 85.8 cm³/mol. The van der Waals surface area contributed by atoms with Crippen molar-refractivity contribution in [1.82, 2.24) is 9.97 Å². The predicted octanol–water partition coefficient (Wildman–Crippen LogP) is 2.81. The van der Waals surface area contributed by atoms with Gasteiger partial charge in [-0.3, -0.25) is 4.79 Å². The number of anilines is 1. The van der Waals surface area contributed by atoms with Gasteiger partial charge in [-0.2, -0.15) is 0 Å². The van der Waals surface area contributed by atoms with Gasteiger partial charge in [0.15, 0.2) is 0 Å². The average Bonchev–Trinajstić information content (AvgIpc) is 2.93. The van der Waals surface area contributed by atoms with Gasteiger partial charge in [-0.15, -0.1) is 11.3 Å². The number of nitrogens with two attached hydrogens (primary N) is 1. The summed E-state index contributed by atoms with van der Waals surface area (Å²) < 4.78 is 0.972. The number of aromatic nitrogens is 2. The van der Waals surface area contributed by atoms with Crippen LogP contribution in [-0.4, -0.2) is 29.0 Å². The van der Waals surface area contributed by atoms with Crippen LogP contribution in [0.1, 0.15) is 42.3 Å². The highest BCUT2D eigenvalue weighted by molar-refractivity contribution is 7.21. The topological polar surface area (TPSA) is 72.1 Å². The van der Waals surface area contributed by atoms with Crippen LogP contribution in [0.3, 0.4) is 0 Å². The maximum Gasteiger partial charge on any atom is 0.258 e. The largest absolute Gasteiger partial charge is 0.365 e. The van der Waals surface area contributed by atoms with Crippen LogP contribution in [0, 0.1) is 5.92 Å². The van der Waals surface area contributed by atoms with Crippen LogP contribution in [-0.2, 0) is 0 Å². The van der Waals surface area contributed by atoms with Crippen LogP contribution in [0.4, 0.5) is 5.82 Å². The van der Waals surface area contributed by atoms with Crippen LogP contribution in [0.25, 0.3) is 10.2 Å². The zero-order valence-electron chi connectivity index (χ0n) is 12.2. The molecular weight excluding hydrogens is 284 g/mol. The Balaban J connectivity index is 1.85. The number of carbonyl (C=O) groups excluding carboxylic acids is 1. The molecule has 6 heteroatoms. The first-order valence-electron chi connectivity index (χ1n) is 7.48. The van der Waals surface area contributed by atoms with E-state index in [9.17, 15) is 4.79 Å². The Kier molecular flexibility index (Phi) is 4.05. The highest BCUT2D eigenvalue weighted by Crippen LogP contribution is 2.33. The van der Waals surface area contributed by atoms with Crippen molar-refractivity contribution in [2.24, 2.45) is 11.7 Å². The van der Waals surface area contributed by atoms with Gasteiger partial charge in [0, 0.05) is 13.1 Å². The van der Waals surface area contributed by atoms with E-state index in [-0.39, 0.29) is 0 Å². The monoisotopic (exact) mass is 304 g/mol. The molecule has 0 radical (unpaired) electrons. The number of fused-ring (bicyclic) bond motifs is 1. The molecule has 0 aromatic carbocycles. The minimum Gasteiger partial charge on any atom is -0.365 e. The Morgan fingerprint density at radius 1 is 1.43 bits per heavy atom. The summed E-state index contributed by atoms with van der Waals surface area (Å²) in [6, 6.07) is 1.76.